The summed E-state index contributed by atoms with van der Waals surface area (Å²) in [5.41, 5.74) is 2.38. The van der Waals surface area contributed by atoms with Crippen LogP contribution >= 0.6 is 23.2 Å². The topological polar surface area (TPSA) is 101 Å². The van der Waals surface area contributed by atoms with Crippen LogP contribution < -0.4 is 15.4 Å². The lowest BCUT2D eigenvalue weighted by molar-refractivity contribution is 0.590. The van der Waals surface area contributed by atoms with Gasteiger partial charge in [0.15, 0.2) is 0 Å². The maximum atomic E-state index is 11.9. The minimum Gasteiger partial charge on any atom is -0.366 e. The Morgan fingerprint density at radius 2 is 1.94 bits per heavy atom. The summed E-state index contributed by atoms with van der Waals surface area (Å²) in [6.07, 6.45) is 2.23. The van der Waals surface area contributed by atoms with Crippen LogP contribution in [-0.4, -0.2) is 44.6 Å². The van der Waals surface area contributed by atoms with Crippen LogP contribution in [0.4, 0.5) is 11.5 Å². The fourth-order valence-electron chi connectivity index (χ4n) is 3.63. The van der Waals surface area contributed by atoms with Crippen LogP contribution in [-0.2, 0) is 16.4 Å². The number of halogens is 2. The molecule has 0 amide bonds. The summed E-state index contributed by atoms with van der Waals surface area (Å²) in [4.78, 5) is 10.9. The van der Waals surface area contributed by atoms with Crippen molar-refractivity contribution in [3.63, 3.8) is 0 Å². The standard InChI is InChI=1S/C21H21Cl2N5O2S/c22-17-7-6-16-18(28-9-8-25-13-28)11-19(27-21(16)20(17)23)26-15(12-31(24,29)30)10-14-4-2-1-3-5-14/h1-7,11,13,15H,8-10,12H2,(H,26,27)(H2,24,29,30). The molecule has 0 spiro atoms. The van der Waals surface area contributed by atoms with Gasteiger partial charge in [-0.3, -0.25) is 4.99 Å². The van der Waals surface area contributed by atoms with Crippen molar-refractivity contribution < 1.29 is 8.42 Å². The van der Waals surface area contributed by atoms with Crippen molar-refractivity contribution in [2.24, 2.45) is 10.1 Å². The number of hydrogen-bond donors (Lipinski definition) is 2. The van der Waals surface area contributed by atoms with E-state index in [4.69, 9.17) is 28.3 Å². The SMILES string of the molecule is NS(=O)(=O)CC(Cc1ccccc1)Nc1cc(N2C=NCC2)c2ccc(Cl)c(Cl)c2n1. The summed E-state index contributed by atoms with van der Waals surface area (Å²) in [6.45, 7) is 1.42. The number of rotatable bonds is 7. The molecule has 7 nitrogen and oxygen atoms in total. The number of primary sulfonamides is 1. The van der Waals surface area contributed by atoms with Crippen molar-refractivity contribution in [2.45, 2.75) is 12.5 Å². The molecule has 10 heteroatoms. The van der Waals surface area contributed by atoms with Crippen LogP contribution in [0.25, 0.3) is 10.9 Å². The highest BCUT2D eigenvalue weighted by atomic mass is 35.5. The number of aromatic nitrogens is 1. The van der Waals surface area contributed by atoms with E-state index in [9.17, 15) is 8.42 Å². The predicted octanol–water partition coefficient (Wildman–Crippen LogP) is 3.70. The first kappa shape index (κ1) is 21.8. The molecule has 0 saturated carbocycles. The molecule has 0 fully saturated rings. The molecule has 4 rings (SSSR count). The zero-order chi connectivity index (χ0) is 22.0. The zero-order valence-electron chi connectivity index (χ0n) is 16.5. The number of fused-ring (bicyclic) bond motifs is 1. The minimum atomic E-state index is -3.72. The van der Waals surface area contributed by atoms with Gasteiger partial charge in [0.2, 0.25) is 10.0 Å². The maximum Gasteiger partial charge on any atom is 0.211 e. The van der Waals surface area contributed by atoms with Crippen molar-refractivity contribution >= 4 is 62.0 Å². The molecule has 1 aliphatic rings. The Balaban J connectivity index is 1.75. The molecule has 0 aliphatic carbocycles. The van der Waals surface area contributed by atoms with E-state index in [1.807, 2.05) is 47.4 Å². The third-order valence-electron chi connectivity index (χ3n) is 4.96. The van der Waals surface area contributed by atoms with Gasteiger partial charge in [-0.05, 0) is 24.1 Å². The van der Waals surface area contributed by atoms with Crippen molar-refractivity contribution in [3.05, 3.63) is 64.1 Å². The van der Waals surface area contributed by atoms with Gasteiger partial charge in [0.1, 0.15) is 5.82 Å². The van der Waals surface area contributed by atoms with E-state index in [1.54, 1.807) is 12.4 Å². The Labute approximate surface area is 190 Å². The molecule has 2 heterocycles. The average molecular weight is 478 g/mol. The molecule has 162 valence electrons. The van der Waals surface area contributed by atoms with Crippen molar-refractivity contribution in [1.29, 1.82) is 0 Å². The first-order chi connectivity index (χ1) is 14.8. The largest absolute Gasteiger partial charge is 0.366 e. The fraction of sp³-hybridized carbons (Fsp3) is 0.238. The van der Waals surface area contributed by atoms with E-state index in [0.29, 0.717) is 34.3 Å². The van der Waals surface area contributed by atoms with Crippen LogP contribution in [0.5, 0.6) is 0 Å². The third-order valence-corrected chi connectivity index (χ3v) is 6.62. The second-order valence-corrected chi connectivity index (χ2v) is 9.80. The fourth-order valence-corrected chi connectivity index (χ4v) is 4.75. The summed E-state index contributed by atoms with van der Waals surface area (Å²) < 4.78 is 23.7. The van der Waals surface area contributed by atoms with Gasteiger partial charge in [0, 0.05) is 24.0 Å². The first-order valence-electron chi connectivity index (χ1n) is 9.66. The monoisotopic (exact) mass is 477 g/mol. The van der Waals surface area contributed by atoms with E-state index < -0.39 is 16.1 Å². The smallest absolute Gasteiger partial charge is 0.211 e. The number of aliphatic imine (C=N–C) groups is 1. The van der Waals surface area contributed by atoms with E-state index in [-0.39, 0.29) is 5.75 Å². The zero-order valence-corrected chi connectivity index (χ0v) is 18.8. The van der Waals surface area contributed by atoms with E-state index in [0.717, 1.165) is 23.2 Å². The molecule has 3 N–H and O–H groups in total. The van der Waals surface area contributed by atoms with Crippen molar-refractivity contribution in [3.8, 4) is 0 Å². The van der Waals surface area contributed by atoms with Gasteiger partial charge < -0.3 is 10.2 Å². The van der Waals surface area contributed by atoms with Crippen LogP contribution in [0, 0.1) is 0 Å². The Bertz CT molecular complexity index is 1240. The summed E-state index contributed by atoms with van der Waals surface area (Å²) in [5, 5.41) is 10.2. The second-order valence-electron chi connectivity index (χ2n) is 7.36. The van der Waals surface area contributed by atoms with Gasteiger partial charge >= 0.3 is 0 Å². The molecule has 1 aliphatic heterocycles. The van der Waals surface area contributed by atoms with E-state index in [1.165, 1.54) is 0 Å². The Hall–Kier alpha value is -2.39. The van der Waals surface area contributed by atoms with Gasteiger partial charge in [0.05, 0.1) is 39.9 Å². The quantitative estimate of drug-likeness (QED) is 0.540. The molecule has 31 heavy (non-hydrogen) atoms. The van der Waals surface area contributed by atoms with Crippen LogP contribution in [0.3, 0.4) is 0 Å². The minimum absolute atomic E-state index is 0.245. The molecule has 0 saturated heterocycles. The Morgan fingerprint density at radius 1 is 1.16 bits per heavy atom. The molecule has 1 aromatic heterocycles. The lowest BCUT2D eigenvalue weighted by atomic mass is 10.1. The normalized spacial score (nSPS) is 14.9. The Morgan fingerprint density at radius 3 is 2.61 bits per heavy atom. The molecule has 3 aromatic rings. The highest BCUT2D eigenvalue weighted by molar-refractivity contribution is 7.89. The van der Waals surface area contributed by atoms with Gasteiger partial charge in [-0.2, -0.15) is 0 Å². The lowest BCUT2D eigenvalue weighted by Crippen LogP contribution is -2.34. The van der Waals surface area contributed by atoms with Gasteiger partial charge in [0.25, 0.3) is 0 Å². The predicted molar refractivity (Wildman–Crippen MR) is 128 cm³/mol. The third kappa shape index (κ3) is 5.27. The van der Waals surface area contributed by atoms with Gasteiger partial charge in [-0.15, -0.1) is 0 Å². The van der Waals surface area contributed by atoms with Crippen LogP contribution in [0.15, 0.2) is 53.5 Å². The van der Waals surface area contributed by atoms with E-state index in [2.05, 4.69) is 15.3 Å². The number of nitrogens with zero attached hydrogens (tertiary/aromatic N) is 3. The number of nitrogens with one attached hydrogen (secondary N) is 1. The summed E-state index contributed by atoms with van der Waals surface area (Å²) in [7, 11) is -3.72. The van der Waals surface area contributed by atoms with Gasteiger partial charge in [-0.25, -0.2) is 18.5 Å². The van der Waals surface area contributed by atoms with Crippen LogP contribution in [0.2, 0.25) is 10.0 Å². The molecule has 1 atom stereocenters. The first-order valence-corrected chi connectivity index (χ1v) is 12.1. The summed E-state index contributed by atoms with van der Waals surface area (Å²) >= 11 is 12.7. The molecular formula is C21H21Cl2N5O2S. The number of nitrogens with two attached hydrogens (primary N) is 1. The molecule has 0 radical (unpaired) electrons. The maximum absolute atomic E-state index is 11.9. The molecular weight excluding hydrogens is 457 g/mol. The van der Waals surface area contributed by atoms with Crippen LogP contribution in [0.1, 0.15) is 5.56 Å². The Kier molecular flexibility index (Phi) is 6.34. The average Bonchev–Trinajstić information content (AvgIpc) is 3.25. The van der Waals surface area contributed by atoms with E-state index >= 15 is 0 Å². The number of anilines is 2. The summed E-state index contributed by atoms with van der Waals surface area (Å²) in [6, 6.07) is 14.6. The molecule has 0 bridgehead atoms. The van der Waals surface area contributed by atoms with Crippen molar-refractivity contribution in [1.82, 2.24) is 4.98 Å². The van der Waals surface area contributed by atoms with Gasteiger partial charge in [-0.1, -0.05) is 53.5 Å². The highest BCUT2D eigenvalue weighted by Gasteiger charge is 2.21. The number of pyridine rings is 1. The number of sulfonamides is 1. The molecule has 1 unspecified atom stereocenters. The molecule has 2 aromatic carbocycles. The van der Waals surface area contributed by atoms with Crippen molar-refractivity contribution in [2.75, 3.05) is 29.1 Å². The second kappa shape index (κ2) is 9.00. The number of hydrogen-bond acceptors (Lipinski definition) is 6. The highest BCUT2D eigenvalue weighted by Crippen LogP contribution is 2.36. The lowest BCUT2D eigenvalue weighted by Gasteiger charge is -2.22. The summed E-state index contributed by atoms with van der Waals surface area (Å²) in [5.74, 6) is 0.238. The number of benzene rings is 2.